The van der Waals surface area contributed by atoms with Crippen molar-refractivity contribution in [1.29, 1.82) is 0 Å². The molecule has 0 saturated carbocycles. The van der Waals surface area contributed by atoms with Gasteiger partial charge in [-0.3, -0.25) is 19.8 Å². The first-order valence-electron chi connectivity index (χ1n) is 11.7. The standard InChI is InChI=1S/C27H26N4O6S/c1-18(2)17-37-23-10-9-19(13-24(23)35-3)14-25-26(32)30(16-22-8-5-11-36-22)27(38-25)29-28-15-20-6-4-7-21(12-20)31(33)34/h4-15,18H,16-17H2,1-3H3/b25-14-,28-15+,29-27-. The van der Waals surface area contributed by atoms with Crippen LogP contribution in [-0.2, 0) is 11.3 Å². The van der Waals surface area contributed by atoms with Crippen molar-refractivity contribution in [3.8, 4) is 11.5 Å². The van der Waals surface area contributed by atoms with Crippen molar-refractivity contribution in [1.82, 2.24) is 4.90 Å². The predicted octanol–water partition coefficient (Wildman–Crippen LogP) is 5.74. The zero-order chi connectivity index (χ0) is 27.1. The Morgan fingerprint density at radius 3 is 2.68 bits per heavy atom. The maximum atomic E-state index is 13.3. The highest BCUT2D eigenvalue weighted by atomic mass is 32.2. The number of amides is 1. The van der Waals surface area contributed by atoms with Crippen LogP contribution >= 0.6 is 11.8 Å². The summed E-state index contributed by atoms with van der Waals surface area (Å²) in [5.74, 6) is 1.90. The molecule has 1 aliphatic heterocycles. The lowest BCUT2D eigenvalue weighted by atomic mass is 10.1. The minimum Gasteiger partial charge on any atom is -0.493 e. The zero-order valence-corrected chi connectivity index (χ0v) is 21.9. The van der Waals surface area contributed by atoms with E-state index in [0.29, 0.717) is 45.4 Å². The number of amidine groups is 1. The first-order valence-corrected chi connectivity index (χ1v) is 12.6. The molecule has 2 heterocycles. The molecule has 0 bridgehead atoms. The fraction of sp³-hybridized carbons (Fsp3) is 0.222. The number of non-ortho nitro benzene ring substituents is 1. The summed E-state index contributed by atoms with van der Waals surface area (Å²) in [6.07, 6.45) is 4.69. The quantitative estimate of drug-likeness (QED) is 0.141. The number of nitro groups is 1. The molecule has 38 heavy (non-hydrogen) atoms. The number of thioether (sulfide) groups is 1. The Labute approximate surface area is 223 Å². The number of carbonyl (C=O) groups excluding carboxylic acids is 1. The SMILES string of the molecule is COc1cc(/C=C2\S/C(=N\N=C\c3cccc([N+](=O)[O-])c3)N(Cc3ccco3)C2=O)ccc1OCC(C)C. The first-order chi connectivity index (χ1) is 18.3. The molecule has 196 valence electrons. The molecule has 1 aliphatic rings. The first kappa shape index (κ1) is 26.7. The fourth-order valence-electron chi connectivity index (χ4n) is 3.45. The van der Waals surface area contributed by atoms with E-state index in [0.717, 1.165) is 5.56 Å². The van der Waals surface area contributed by atoms with Crippen molar-refractivity contribution in [3.05, 3.63) is 92.8 Å². The number of hydrogen-bond acceptors (Lipinski definition) is 9. The van der Waals surface area contributed by atoms with E-state index in [1.54, 1.807) is 37.5 Å². The lowest BCUT2D eigenvalue weighted by molar-refractivity contribution is -0.384. The van der Waals surface area contributed by atoms with Gasteiger partial charge in [0.15, 0.2) is 16.7 Å². The maximum Gasteiger partial charge on any atom is 0.270 e. The number of ether oxygens (including phenoxy) is 2. The zero-order valence-electron chi connectivity index (χ0n) is 21.1. The van der Waals surface area contributed by atoms with Gasteiger partial charge in [-0.1, -0.05) is 32.0 Å². The molecule has 0 unspecified atom stereocenters. The number of nitrogens with zero attached hydrogens (tertiary/aromatic N) is 4. The Balaban J connectivity index is 1.60. The highest BCUT2D eigenvalue weighted by Crippen LogP contribution is 2.35. The largest absolute Gasteiger partial charge is 0.493 e. The average molecular weight is 535 g/mol. The van der Waals surface area contributed by atoms with Gasteiger partial charge < -0.3 is 13.9 Å². The Bertz CT molecular complexity index is 1400. The molecule has 10 nitrogen and oxygen atoms in total. The monoisotopic (exact) mass is 534 g/mol. The van der Waals surface area contributed by atoms with Crippen molar-refractivity contribution < 1.29 is 23.6 Å². The third-order valence-corrected chi connectivity index (χ3v) is 6.27. The van der Waals surface area contributed by atoms with E-state index in [9.17, 15) is 14.9 Å². The number of furan rings is 1. The second kappa shape index (κ2) is 12.2. The van der Waals surface area contributed by atoms with Gasteiger partial charge in [0.25, 0.3) is 11.6 Å². The van der Waals surface area contributed by atoms with E-state index in [2.05, 4.69) is 24.1 Å². The van der Waals surface area contributed by atoms with Crippen LogP contribution in [0.3, 0.4) is 0 Å². The van der Waals surface area contributed by atoms with Crippen LogP contribution in [-0.4, -0.2) is 40.8 Å². The summed E-state index contributed by atoms with van der Waals surface area (Å²) < 4.78 is 16.7. The Morgan fingerprint density at radius 1 is 1.13 bits per heavy atom. The second-order valence-corrected chi connectivity index (χ2v) is 9.68. The Kier molecular flexibility index (Phi) is 8.59. The second-order valence-electron chi connectivity index (χ2n) is 8.68. The van der Waals surface area contributed by atoms with Crippen molar-refractivity contribution in [2.24, 2.45) is 16.1 Å². The van der Waals surface area contributed by atoms with Crippen LogP contribution in [0.5, 0.6) is 11.5 Å². The molecule has 1 saturated heterocycles. The van der Waals surface area contributed by atoms with Gasteiger partial charge in [-0.05, 0) is 53.6 Å². The van der Waals surface area contributed by atoms with Gasteiger partial charge in [-0.25, -0.2) is 0 Å². The molecule has 0 N–H and O–H groups in total. The summed E-state index contributed by atoms with van der Waals surface area (Å²) in [7, 11) is 1.57. The lowest BCUT2D eigenvalue weighted by Gasteiger charge is -2.13. The van der Waals surface area contributed by atoms with Gasteiger partial charge in [-0.2, -0.15) is 5.10 Å². The minimum absolute atomic E-state index is 0.0484. The number of carbonyl (C=O) groups is 1. The lowest BCUT2D eigenvalue weighted by Crippen LogP contribution is -2.28. The highest BCUT2D eigenvalue weighted by molar-refractivity contribution is 8.18. The molecule has 2 aromatic carbocycles. The van der Waals surface area contributed by atoms with Crippen LogP contribution in [0.2, 0.25) is 0 Å². The number of rotatable bonds is 10. The minimum atomic E-state index is -0.477. The molecular weight excluding hydrogens is 508 g/mol. The maximum absolute atomic E-state index is 13.3. The molecule has 0 radical (unpaired) electrons. The number of methoxy groups -OCH3 is 1. The van der Waals surface area contributed by atoms with Crippen LogP contribution in [0.25, 0.3) is 6.08 Å². The van der Waals surface area contributed by atoms with Gasteiger partial charge in [0, 0.05) is 17.7 Å². The van der Waals surface area contributed by atoms with E-state index in [-0.39, 0.29) is 18.1 Å². The Morgan fingerprint density at radius 2 is 1.97 bits per heavy atom. The third-order valence-electron chi connectivity index (χ3n) is 5.27. The van der Waals surface area contributed by atoms with Crippen molar-refractivity contribution in [3.63, 3.8) is 0 Å². The van der Waals surface area contributed by atoms with Crippen molar-refractivity contribution in [2.75, 3.05) is 13.7 Å². The van der Waals surface area contributed by atoms with Crippen LogP contribution in [0.4, 0.5) is 5.69 Å². The van der Waals surface area contributed by atoms with E-state index in [4.69, 9.17) is 13.9 Å². The molecule has 3 aromatic rings. The van der Waals surface area contributed by atoms with Crippen LogP contribution in [0, 0.1) is 16.0 Å². The molecule has 1 aromatic heterocycles. The predicted molar refractivity (Wildman–Crippen MR) is 146 cm³/mol. The normalized spacial score (nSPS) is 15.8. The number of benzene rings is 2. The summed E-state index contributed by atoms with van der Waals surface area (Å²) in [6.45, 7) is 4.86. The van der Waals surface area contributed by atoms with Gasteiger partial charge >= 0.3 is 0 Å². The smallest absolute Gasteiger partial charge is 0.270 e. The molecule has 1 fully saturated rings. The van der Waals surface area contributed by atoms with E-state index < -0.39 is 4.92 Å². The summed E-state index contributed by atoms with van der Waals surface area (Å²) >= 11 is 1.17. The van der Waals surface area contributed by atoms with Gasteiger partial charge in [0.2, 0.25) is 0 Å². The van der Waals surface area contributed by atoms with Crippen molar-refractivity contribution >= 4 is 40.8 Å². The van der Waals surface area contributed by atoms with Crippen LogP contribution < -0.4 is 9.47 Å². The van der Waals surface area contributed by atoms with Crippen LogP contribution in [0.1, 0.15) is 30.7 Å². The van der Waals surface area contributed by atoms with E-state index in [1.807, 2.05) is 18.2 Å². The summed E-state index contributed by atoms with van der Waals surface area (Å²) in [5, 5.41) is 19.7. The number of hydrogen-bond donors (Lipinski definition) is 0. The molecule has 4 rings (SSSR count). The summed E-state index contributed by atoms with van der Waals surface area (Å²) in [5.41, 5.74) is 1.22. The molecule has 1 amide bonds. The molecule has 0 aliphatic carbocycles. The van der Waals surface area contributed by atoms with E-state index in [1.165, 1.54) is 41.3 Å². The third kappa shape index (κ3) is 6.68. The summed E-state index contributed by atoms with van der Waals surface area (Å²) in [6, 6.07) is 15.0. The highest BCUT2D eigenvalue weighted by Gasteiger charge is 2.34. The van der Waals surface area contributed by atoms with E-state index >= 15 is 0 Å². The van der Waals surface area contributed by atoms with Crippen LogP contribution in [0.15, 0.2) is 80.4 Å². The molecule has 0 spiro atoms. The fourth-order valence-corrected chi connectivity index (χ4v) is 4.38. The van der Waals surface area contributed by atoms with Gasteiger partial charge in [0.05, 0.1) is 42.6 Å². The summed E-state index contributed by atoms with van der Waals surface area (Å²) in [4.78, 5) is 25.8. The molecule has 0 atom stereocenters. The average Bonchev–Trinajstić information content (AvgIpc) is 3.52. The number of nitro benzene ring substituents is 1. The topological polar surface area (TPSA) is 120 Å². The molecular formula is C27H26N4O6S. The Hall–Kier alpha value is -4.38. The molecule has 11 heteroatoms. The van der Waals surface area contributed by atoms with Crippen molar-refractivity contribution in [2.45, 2.75) is 20.4 Å². The van der Waals surface area contributed by atoms with Gasteiger partial charge in [-0.15, -0.1) is 5.10 Å². The van der Waals surface area contributed by atoms with Gasteiger partial charge in [0.1, 0.15) is 5.76 Å².